The van der Waals surface area contributed by atoms with E-state index in [1.54, 1.807) is 13.2 Å². The Balaban J connectivity index is 2.62. The third kappa shape index (κ3) is 5.31. The maximum Gasteiger partial charge on any atom is 0.253 e. The quantitative estimate of drug-likeness (QED) is 0.592. The van der Waals surface area contributed by atoms with Crippen molar-refractivity contribution in [2.45, 2.75) is 11.3 Å². The molecule has 6 heteroatoms. The van der Waals surface area contributed by atoms with E-state index in [0.29, 0.717) is 31.1 Å². The molecule has 4 nitrogen and oxygen atoms in total. The minimum Gasteiger partial charge on any atom is -0.493 e. The molecule has 0 atom stereocenters. The Hall–Kier alpha value is -1.39. The zero-order valence-corrected chi connectivity index (χ0v) is 12.7. The summed E-state index contributed by atoms with van der Waals surface area (Å²) in [4.78, 5) is 10.2. The van der Waals surface area contributed by atoms with Gasteiger partial charge in [-0.25, -0.2) is 0 Å². The van der Waals surface area contributed by atoms with Crippen molar-refractivity contribution < 1.29 is 14.3 Å². The van der Waals surface area contributed by atoms with Gasteiger partial charge in [-0.3, -0.25) is 4.79 Å². The first-order chi connectivity index (χ1) is 9.58. The van der Waals surface area contributed by atoms with Crippen LogP contribution in [-0.4, -0.2) is 31.0 Å². The molecule has 0 heterocycles. The van der Waals surface area contributed by atoms with E-state index < -0.39 is 10.7 Å². The average Bonchev–Trinajstić information content (AvgIpc) is 2.45. The van der Waals surface area contributed by atoms with Crippen molar-refractivity contribution in [2.24, 2.45) is 0 Å². The fourth-order valence-corrected chi connectivity index (χ4v) is 1.70. The minimum atomic E-state index is -1.04. The number of carbonyl (C=O) groups is 1. The van der Waals surface area contributed by atoms with Gasteiger partial charge in [-0.15, -0.1) is 0 Å². The number of hydrogen-bond donors (Lipinski definition) is 1. The van der Waals surface area contributed by atoms with E-state index in [-0.39, 0.29) is 0 Å². The maximum atomic E-state index is 11.2. The molecule has 1 amide bonds. The number of ether oxygens (including phenoxy) is 2. The predicted octanol–water partition coefficient (Wildman–Crippen LogP) is 2.72. The molecule has 1 N–H and O–H groups in total. The number of alkyl halides is 2. The average molecular weight is 318 g/mol. The molecule has 0 saturated heterocycles. The molecular weight excluding hydrogens is 301 g/mol. The number of methoxy groups -OCH3 is 1. The zero-order chi connectivity index (χ0) is 15.0. The van der Waals surface area contributed by atoms with Gasteiger partial charge in [-0.1, -0.05) is 41.9 Å². The molecule has 0 aliphatic rings. The van der Waals surface area contributed by atoms with Crippen LogP contribution in [0.1, 0.15) is 5.56 Å². The molecule has 1 aromatic carbocycles. The molecule has 0 bridgehead atoms. The van der Waals surface area contributed by atoms with Crippen molar-refractivity contribution in [3.05, 3.63) is 36.4 Å². The summed E-state index contributed by atoms with van der Waals surface area (Å²) in [7, 11) is 1.58. The highest BCUT2D eigenvalue weighted by atomic mass is 35.5. The smallest absolute Gasteiger partial charge is 0.253 e. The lowest BCUT2D eigenvalue weighted by Crippen LogP contribution is -2.30. The van der Waals surface area contributed by atoms with Gasteiger partial charge in [-0.2, -0.15) is 0 Å². The van der Waals surface area contributed by atoms with E-state index in [1.165, 1.54) is 0 Å². The summed E-state index contributed by atoms with van der Waals surface area (Å²) in [6, 6.07) is 5.60. The first-order valence-corrected chi connectivity index (χ1v) is 6.92. The van der Waals surface area contributed by atoms with Crippen LogP contribution in [0.5, 0.6) is 11.5 Å². The summed E-state index contributed by atoms with van der Waals surface area (Å²) in [5.41, 5.74) is 1.01. The normalized spacial score (nSPS) is 10.2. The lowest BCUT2D eigenvalue weighted by Gasteiger charge is -2.11. The molecule has 0 aliphatic carbocycles. The van der Waals surface area contributed by atoms with Gasteiger partial charge in [0.05, 0.1) is 7.11 Å². The van der Waals surface area contributed by atoms with Crippen molar-refractivity contribution in [3.8, 4) is 11.5 Å². The van der Waals surface area contributed by atoms with Crippen LogP contribution in [0, 0.1) is 0 Å². The molecule has 0 unspecified atom stereocenters. The zero-order valence-electron chi connectivity index (χ0n) is 11.2. The highest BCUT2D eigenvalue weighted by Crippen LogP contribution is 2.28. The second-order valence-electron chi connectivity index (χ2n) is 3.93. The van der Waals surface area contributed by atoms with Crippen LogP contribution >= 0.6 is 23.2 Å². The number of rotatable bonds is 8. The molecule has 110 valence electrons. The molecule has 0 fully saturated rings. The van der Waals surface area contributed by atoms with Gasteiger partial charge >= 0.3 is 0 Å². The van der Waals surface area contributed by atoms with Gasteiger partial charge in [0, 0.05) is 6.54 Å². The molecule has 1 aromatic rings. The van der Waals surface area contributed by atoms with E-state index in [4.69, 9.17) is 32.7 Å². The van der Waals surface area contributed by atoms with Crippen LogP contribution in [-0.2, 0) is 11.2 Å². The predicted molar refractivity (Wildman–Crippen MR) is 80.9 cm³/mol. The van der Waals surface area contributed by atoms with Crippen molar-refractivity contribution in [2.75, 3.05) is 20.3 Å². The highest BCUT2D eigenvalue weighted by molar-refractivity contribution is 6.53. The number of carbonyl (C=O) groups excluding carboxylic acids is 1. The topological polar surface area (TPSA) is 47.6 Å². The summed E-state index contributed by atoms with van der Waals surface area (Å²) >= 11 is 10.9. The molecule has 0 spiro atoms. The Labute approximate surface area is 128 Å². The molecule has 20 heavy (non-hydrogen) atoms. The fraction of sp³-hybridized carbons (Fsp3) is 0.357. The number of nitrogens with one attached hydrogen (secondary N) is 1. The summed E-state index contributed by atoms with van der Waals surface area (Å²) in [6.45, 7) is 4.45. The van der Waals surface area contributed by atoms with Crippen LogP contribution in [0.3, 0.4) is 0 Å². The Morgan fingerprint density at radius 2 is 2.20 bits per heavy atom. The van der Waals surface area contributed by atoms with Crippen molar-refractivity contribution >= 4 is 29.1 Å². The van der Waals surface area contributed by atoms with Crippen molar-refractivity contribution in [3.63, 3.8) is 0 Å². The third-order valence-corrected chi connectivity index (χ3v) is 2.89. The fourth-order valence-electron chi connectivity index (χ4n) is 1.55. The SMILES string of the molecule is C=CCOc1cc(CCNC(=O)C(Cl)Cl)ccc1OC. The molecule has 0 aliphatic heterocycles. The van der Waals surface area contributed by atoms with Crippen LogP contribution in [0.15, 0.2) is 30.9 Å². The summed E-state index contributed by atoms with van der Waals surface area (Å²) in [5, 5.41) is 2.63. The van der Waals surface area contributed by atoms with E-state index in [1.807, 2.05) is 18.2 Å². The Kier molecular flexibility index (Phi) is 7.26. The highest BCUT2D eigenvalue weighted by Gasteiger charge is 2.10. The van der Waals surface area contributed by atoms with Crippen molar-refractivity contribution in [1.82, 2.24) is 5.32 Å². The summed E-state index contributed by atoms with van der Waals surface area (Å²) < 4.78 is 10.7. The molecule has 1 rings (SSSR count). The first-order valence-electron chi connectivity index (χ1n) is 6.05. The molecule has 0 saturated carbocycles. The van der Waals surface area contributed by atoms with Crippen molar-refractivity contribution in [1.29, 1.82) is 0 Å². The molecule has 0 radical (unpaired) electrons. The van der Waals surface area contributed by atoms with Crippen LogP contribution in [0.2, 0.25) is 0 Å². The summed E-state index contributed by atoms with van der Waals surface area (Å²) in [6.07, 6.45) is 2.30. The van der Waals surface area contributed by atoms with Crippen LogP contribution in [0.4, 0.5) is 0 Å². The number of hydrogen-bond acceptors (Lipinski definition) is 3. The van der Waals surface area contributed by atoms with E-state index in [9.17, 15) is 4.79 Å². The first kappa shape index (κ1) is 16.7. The second kappa shape index (κ2) is 8.72. The molecule has 0 aromatic heterocycles. The number of benzene rings is 1. The maximum absolute atomic E-state index is 11.2. The minimum absolute atomic E-state index is 0.398. The van der Waals surface area contributed by atoms with Gasteiger partial charge in [-0.05, 0) is 24.1 Å². The lowest BCUT2D eigenvalue weighted by atomic mass is 10.1. The monoisotopic (exact) mass is 317 g/mol. The third-order valence-electron chi connectivity index (χ3n) is 2.50. The Morgan fingerprint density at radius 3 is 2.80 bits per heavy atom. The van der Waals surface area contributed by atoms with Gasteiger partial charge < -0.3 is 14.8 Å². The lowest BCUT2D eigenvalue weighted by molar-refractivity contribution is -0.119. The van der Waals surface area contributed by atoms with Gasteiger partial charge in [0.25, 0.3) is 5.91 Å². The molecular formula is C14H17Cl2NO3. The summed E-state index contributed by atoms with van der Waals surface area (Å²) in [5.74, 6) is 0.898. The van der Waals surface area contributed by atoms with E-state index >= 15 is 0 Å². The Morgan fingerprint density at radius 1 is 1.45 bits per heavy atom. The second-order valence-corrected chi connectivity index (χ2v) is 5.02. The largest absolute Gasteiger partial charge is 0.493 e. The van der Waals surface area contributed by atoms with Gasteiger partial charge in [0.15, 0.2) is 16.3 Å². The Bertz CT molecular complexity index is 464. The van der Waals surface area contributed by atoms with E-state index in [0.717, 1.165) is 5.56 Å². The standard InChI is InChI=1S/C14H17Cl2NO3/c1-3-8-20-12-9-10(4-5-11(12)19-2)6-7-17-14(18)13(15)16/h3-5,9,13H,1,6-8H2,2H3,(H,17,18). The number of halogens is 2. The van der Waals surface area contributed by atoms with E-state index in [2.05, 4.69) is 11.9 Å². The van der Waals surface area contributed by atoms with Crippen LogP contribution < -0.4 is 14.8 Å². The van der Waals surface area contributed by atoms with Crippen LogP contribution in [0.25, 0.3) is 0 Å². The van der Waals surface area contributed by atoms with Gasteiger partial charge in [0.2, 0.25) is 0 Å². The van der Waals surface area contributed by atoms with Gasteiger partial charge in [0.1, 0.15) is 6.61 Å². The number of amides is 1.